The maximum Gasteiger partial charge on any atom is 0.322 e. The van der Waals surface area contributed by atoms with Crippen LogP contribution in [0.3, 0.4) is 0 Å². The van der Waals surface area contributed by atoms with Crippen LogP contribution in [0.2, 0.25) is 0 Å². The maximum atomic E-state index is 11.3. The molecule has 1 atom stereocenters. The van der Waals surface area contributed by atoms with Crippen LogP contribution in [0.25, 0.3) is 11.1 Å². The molecule has 1 aromatic carbocycles. The second-order valence-electron chi connectivity index (χ2n) is 4.29. The number of nitrogens with one attached hydrogen (secondary N) is 1. The molecule has 100 valence electrons. The first-order valence-corrected chi connectivity index (χ1v) is 7.02. The van der Waals surface area contributed by atoms with Crippen molar-refractivity contribution in [2.75, 3.05) is 7.11 Å². The number of carbonyl (C=O) groups excluding carboxylic acids is 1. The fraction of sp³-hybridized carbons (Fsp3) is 0.267. The van der Waals surface area contributed by atoms with Crippen molar-refractivity contribution in [2.45, 2.75) is 19.5 Å². The van der Waals surface area contributed by atoms with Crippen LogP contribution in [0, 0.1) is 0 Å². The summed E-state index contributed by atoms with van der Waals surface area (Å²) in [5, 5.41) is 5.28. The van der Waals surface area contributed by atoms with Crippen molar-refractivity contribution in [1.29, 1.82) is 0 Å². The quantitative estimate of drug-likeness (QED) is 0.852. The van der Waals surface area contributed by atoms with E-state index < -0.39 is 0 Å². The summed E-state index contributed by atoms with van der Waals surface area (Å²) in [5.74, 6) is -0.236. The molecule has 0 aliphatic heterocycles. The highest BCUT2D eigenvalue weighted by Crippen LogP contribution is 2.25. The Hall–Kier alpha value is -1.65. The molecule has 1 N–H and O–H groups in total. The topological polar surface area (TPSA) is 38.3 Å². The maximum absolute atomic E-state index is 11.3. The first-order valence-electron chi connectivity index (χ1n) is 6.14. The molecule has 2 rings (SSSR count). The van der Waals surface area contributed by atoms with Gasteiger partial charge in [-0.3, -0.25) is 10.1 Å². The van der Waals surface area contributed by atoms with Crippen LogP contribution < -0.4 is 5.32 Å². The van der Waals surface area contributed by atoms with Crippen molar-refractivity contribution in [3.63, 3.8) is 0 Å². The van der Waals surface area contributed by atoms with Crippen LogP contribution >= 0.6 is 11.3 Å². The number of carbonyl (C=O) groups is 1. The van der Waals surface area contributed by atoms with Crippen LogP contribution in [0.15, 0.2) is 41.8 Å². The van der Waals surface area contributed by atoms with Crippen molar-refractivity contribution in [3.8, 4) is 11.1 Å². The third-order valence-corrected chi connectivity index (χ3v) is 3.83. The lowest BCUT2D eigenvalue weighted by molar-refractivity contribution is -0.142. The average molecular weight is 275 g/mol. The average Bonchev–Trinajstić information content (AvgIpc) is 2.93. The summed E-state index contributed by atoms with van der Waals surface area (Å²) in [5.41, 5.74) is 2.43. The number of ether oxygens (including phenoxy) is 1. The monoisotopic (exact) mass is 275 g/mol. The van der Waals surface area contributed by atoms with Gasteiger partial charge in [-0.15, -0.1) is 11.3 Å². The van der Waals surface area contributed by atoms with E-state index in [1.54, 1.807) is 18.3 Å². The Morgan fingerprint density at radius 3 is 2.74 bits per heavy atom. The zero-order valence-corrected chi connectivity index (χ0v) is 11.9. The number of rotatable bonds is 5. The van der Waals surface area contributed by atoms with E-state index in [4.69, 9.17) is 0 Å². The molecule has 0 aliphatic carbocycles. The van der Waals surface area contributed by atoms with E-state index in [9.17, 15) is 4.79 Å². The Balaban J connectivity index is 1.97. The minimum absolute atomic E-state index is 0.236. The number of esters is 1. The van der Waals surface area contributed by atoms with Crippen LogP contribution in [-0.2, 0) is 16.1 Å². The van der Waals surface area contributed by atoms with Gasteiger partial charge in [0.05, 0.1) is 7.11 Å². The van der Waals surface area contributed by atoms with Crippen LogP contribution in [0.5, 0.6) is 0 Å². The summed E-state index contributed by atoms with van der Waals surface area (Å²) >= 11 is 1.69. The molecule has 1 aromatic heterocycles. The van der Waals surface area contributed by atoms with Crippen molar-refractivity contribution in [3.05, 3.63) is 46.7 Å². The standard InChI is InChI=1S/C15H17NO2S/c1-11(15(17)18-2)16-9-14-8-13(10-19-14)12-6-4-3-5-7-12/h3-8,10-11,16H,9H2,1-2H3/t11-/m0/s1. The predicted molar refractivity (Wildman–Crippen MR) is 78.1 cm³/mol. The van der Waals surface area contributed by atoms with E-state index in [1.807, 2.05) is 18.2 Å². The smallest absolute Gasteiger partial charge is 0.322 e. The molecule has 0 saturated carbocycles. The molecule has 0 radical (unpaired) electrons. The number of methoxy groups -OCH3 is 1. The van der Waals surface area contributed by atoms with Crippen molar-refractivity contribution < 1.29 is 9.53 Å². The van der Waals surface area contributed by atoms with Gasteiger partial charge < -0.3 is 4.74 Å². The van der Waals surface area contributed by atoms with Gasteiger partial charge in [0.15, 0.2) is 0 Å². The summed E-state index contributed by atoms with van der Waals surface area (Å²) in [6, 6.07) is 12.1. The van der Waals surface area contributed by atoms with Gasteiger partial charge in [-0.2, -0.15) is 0 Å². The highest BCUT2D eigenvalue weighted by Gasteiger charge is 2.12. The van der Waals surface area contributed by atoms with Gasteiger partial charge in [-0.1, -0.05) is 30.3 Å². The molecular weight excluding hydrogens is 258 g/mol. The lowest BCUT2D eigenvalue weighted by atomic mass is 10.1. The highest BCUT2D eigenvalue weighted by molar-refractivity contribution is 7.10. The Labute approximate surface area is 117 Å². The molecule has 0 spiro atoms. The minimum Gasteiger partial charge on any atom is -0.468 e. The predicted octanol–water partition coefficient (Wildman–Crippen LogP) is 3.07. The van der Waals surface area contributed by atoms with Gasteiger partial charge in [0.1, 0.15) is 6.04 Å². The SMILES string of the molecule is COC(=O)[C@H](C)NCc1cc(-c2ccccc2)cs1. The number of thiophene rings is 1. The molecule has 0 fully saturated rings. The molecular formula is C15H17NO2S. The number of hydrogen-bond acceptors (Lipinski definition) is 4. The largest absolute Gasteiger partial charge is 0.468 e. The van der Waals surface area contributed by atoms with Gasteiger partial charge in [0.25, 0.3) is 0 Å². The van der Waals surface area contributed by atoms with E-state index in [-0.39, 0.29) is 12.0 Å². The van der Waals surface area contributed by atoms with E-state index in [1.165, 1.54) is 23.1 Å². The second kappa shape index (κ2) is 6.50. The zero-order valence-electron chi connectivity index (χ0n) is 11.1. The third kappa shape index (κ3) is 3.66. The molecule has 0 saturated heterocycles. The van der Waals surface area contributed by atoms with Crippen LogP contribution in [0.1, 0.15) is 11.8 Å². The Morgan fingerprint density at radius 1 is 1.32 bits per heavy atom. The van der Waals surface area contributed by atoms with Crippen LogP contribution in [-0.4, -0.2) is 19.1 Å². The summed E-state index contributed by atoms with van der Waals surface area (Å²) < 4.78 is 4.68. The van der Waals surface area contributed by atoms with Gasteiger partial charge in [-0.05, 0) is 29.5 Å². The number of hydrogen-bond donors (Lipinski definition) is 1. The van der Waals surface area contributed by atoms with Crippen LogP contribution in [0.4, 0.5) is 0 Å². The van der Waals surface area contributed by atoms with E-state index >= 15 is 0 Å². The number of benzene rings is 1. The van der Waals surface area contributed by atoms with E-state index in [0.29, 0.717) is 6.54 Å². The Kier molecular flexibility index (Phi) is 4.71. The van der Waals surface area contributed by atoms with Crippen molar-refractivity contribution in [2.24, 2.45) is 0 Å². The molecule has 4 heteroatoms. The van der Waals surface area contributed by atoms with E-state index in [0.717, 1.165) is 0 Å². The van der Waals surface area contributed by atoms with Crippen molar-refractivity contribution >= 4 is 17.3 Å². The lowest BCUT2D eigenvalue weighted by Crippen LogP contribution is -2.34. The van der Waals surface area contributed by atoms with Gasteiger partial charge in [0, 0.05) is 11.4 Å². The van der Waals surface area contributed by atoms with E-state index in [2.05, 4.69) is 33.6 Å². The summed E-state index contributed by atoms with van der Waals surface area (Å²) in [4.78, 5) is 12.5. The first-order chi connectivity index (χ1) is 9.20. The third-order valence-electron chi connectivity index (χ3n) is 2.90. The molecule has 19 heavy (non-hydrogen) atoms. The summed E-state index contributed by atoms with van der Waals surface area (Å²) in [6.45, 7) is 2.48. The molecule has 0 amide bonds. The Morgan fingerprint density at radius 2 is 2.05 bits per heavy atom. The molecule has 0 aliphatic rings. The minimum atomic E-state index is -0.285. The van der Waals surface area contributed by atoms with Gasteiger partial charge >= 0.3 is 5.97 Å². The molecule has 3 nitrogen and oxygen atoms in total. The lowest BCUT2D eigenvalue weighted by Gasteiger charge is -2.09. The zero-order chi connectivity index (χ0) is 13.7. The molecule has 0 unspecified atom stereocenters. The van der Waals surface area contributed by atoms with Gasteiger partial charge in [-0.25, -0.2) is 0 Å². The summed E-state index contributed by atoms with van der Waals surface area (Å²) in [6.07, 6.45) is 0. The fourth-order valence-electron chi connectivity index (χ4n) is 1.77. The highest BCUT2D eigenvalue weighted by atomic mass is 32.1. The Bertz CT molecular complexity index is 536. The molecule has 1 heterocycles. The molecule has 0 bridgehead atoms. The first kappa shape index (κ1) is 13.8. The normalized spacial score (nSPS) is 12.1. The summed E-state index contributed by atoms with van der Waals surface area (Å²) in [7, 11) is 1.40. The second-order valence-corrected chi connectivity index (χ2v) is 5.29. The van der Waals surface area contributed by atoms with Gasteiger partial charge in [0.2, 0.25) is 0 Å². The van der Waals surface area contributed by atoms with Crippen molar-refractivity contribution in [1.82, 2.24) is 5.32 Å². The fourth-order valence-corrected chi connectivity index (χ4v) is 2.61. The molecule has 2 aromatic rings.